The van der Waals surface area contributed by atoms with Gasteiger partial charge in [-0.25, -0.2) is 4.68 Å². The van der Waals surface area contributed by atoms with Gasteiger partial charge in [0.2, 0.25) is 5.91 Å². The van der Waals surface area contributed by atoms with Crippen LogP contribution in [0.25, 0.3) is 5.69 Å². The third-order valence-electron chi connectivity index (χ3n) is 5.36. The van der Waals surface area contributed by atoms with Crippen molar-refractivity contribution in [2.24, 2.45) is 0 Å². The number of amides is 1. The van der Waals surface area contributed by atoms with E-state index < -0.39 is 5.56 Å². The Kier molecular flexibility index (Phi) is 8.46. The SMILES string of the molecule is CCCCCc1ccc(C(CC)C(=O)Nc2cc(=O)n(-c3c(Cl)cc(Cl)cc3Cl)[nH]2)cc1. The summed E-state index contributed by atoms with van der Waals surface area (Å²) in [4.78, 5) is 25.5. The van der Waals surface area contributed by atoms with Crippen LogP contribution < -0.4 is 10.9 Å². The number of hydrogen-bond donors (Lipinski definition) is 2. The highest BCUT2D eigenvalue weighted by Gasteiger charge is 2.21. The molecular weight excluding hydrogens is 469 g/mol. The second kappa shape index (κ2) is 11.1. The van der Waals surface area contributed by atoms with E-state index >= 15 is 0 Å². The van der Waals surface area contributed by atoms with Crippen LogP contribution in [0.5, 0.6) is 0 Å². The standard InChI is InChI=1S/C24H26Cl3N3O2/c1-3-5-6-7-15-8-10-16(11-9-15)18(4-2)24(32)28-21-14-22(31)30(29-21)23-19(26)12-17(25)13-20(23)27/h8-14,18,29H,3-7H2,1-2H3,(H,28,32). The molecule has 0 bridgehead atoms. The van der Waals surface area contributed by atoms with Crippen molar-refractivity contribution in [2.75, 3.05) is 5.32 Å². The molecule has 0 saturated heterocycles. The van der Waals surface area contributed by atoms with E-state index in [-0.39, 0.29) is 33.4 Å². The third-order valence-corrected chi connectivity index (χ3v) is 6.15. The molecule has 0 spiro atoms. The van der Waals surface area contributed by atoms with Crippen molar-refractivity contribution >= 4 is 46.5 Å². The zero-order valence-electron chi connectivity index (χ0n) is 18.1. The highest BCUT2D eigenvalue weighted by molar-refractivity contribution is 6.40. The predicted octanol–water partition coefficient (Wildman–Crippen LogP) is 6.99. The molecule has 0 aliphatic heterocycles. The number of anilines is 1. The van der Waals surface area contributed by atoms with Crippen LogP contribution >= 0.6 is 34.8 Å². The molecule has 2 aromatic carbocycles. The number of rotatable bonds is 9. The first-order chi connectivity index (χ1) is 15.3. The molecule has 1 aromatic heterocycles. The van der Waals surface area contributed by atoms with E-state index in [0.29, 0.717) is 11.4 Å². The van der Waals surface area contributed by atoms with E-state index in [1.54, 1.807) is 0 Å². The van der Waals surface area contributed by atoms with Crippen molar-refractivity contribution in [3.05, 3.63) is 79.0 Å². The van der Waals surface area contributed by atoms with Crippen molar-refractivity contribution in [1.82, 2.24) is 9.78 Å². The Morgan fingerprint density at radius 1 is 1.03 bits per heavy atom. The average molecular weight is 495 g/mol. The number of unbranched alkanes of at least 4 members (excludes halogenated alkanes) is 2. The fraction of sp³-hybridized carbons (Fsp3) is 0.333. The molecule has 170 valence electrons. The maximum atomic E-state index is 13.0. The Labute approximate surface area is 202 Å². The van der Waals surface area contributed by atoms with E-state index in [1.807, 2.05) is 19.1 Å². The lowest BCUT2D eigenvalue weighted by atomic mass is 9.94. The Hall–Kier alpha value is -2.21. The number of nitrogens with one attached hydrogen (secondary N) is 2. The van der Waals surface area contributed by atoms with Gasteiger partial charge in [-0.15, -0.1) is 0 Å². The van der Waals surface area contributed by atoms with Crippen molar-refractivity contribution in [2.45, 2.75) is 51.9 Å². The van der Waals surface area contributed by atoms with Gasteiger partial charge in [0.05, 0.1) is 16.0 Å². The number of hydrogen-bond acceptors (Lipinski definition) is 2. The van der Waals surface area contributed by atoms with Gasteiger partial charge in [0.1, 0.15) is 11.5 Å². The smallest absolute Gasteiger partial charge is 0.273 e. The molecule has 0 aliphatic carbocycles. The topological polar surface area (TPSA) is 66.9 Å². The van der Waals surface area contributed by atoms with Crippen LogP contribution in [-0.2, 0) is 11.2 Å². The Bertz CT molecular complexity index is 1110. The second-order valence-electron chi connectivity index (χ2n) is 7.71. The summed E-state index contributed by atoms with van der Waals surface area (Å²) >= 11 is 18.4. The lowest BCUT2D eigenvalue weighted by molar-refractivity contribution is -0.117. The zero-order chi connectivity index (χ0) is 23.3. The lowest BCUT2D eigenvalue weighted by Gasteiger charge is -2.15. The van der Waals surface area contributed by atoms with Gasteiger partial charge in [0.25, 0.3) is 5.56 Å². The summed E-state index contributed by atoms with van der Waals surface area (Å²) in [5.74, 6) is -0.279. The average Bonchev–Trinajstić information content (AvgIpc) is 3.08. The molecule has 3 rings (SSSR count). The summed E-state index contributed by atoms with van der Waals surface area (Å²) in [7, 11) is 0. The van der Waals surface area contributed by atoms with Gasteiger partial charge >= 0.3 is 0 Å². The zero-order valence-corrected chi connectivity index (χ0v) is 20.3. The molecule has 1 heterocycles. The molecule has 2 N–H and O–H groups in total. The fourth-order valence-electron chi connectivity index (χ4n) is 3.66. The number of benzene rings is 2. The summed E-state index contributed by atoms with van der Waals surface area (Å²) < 4.78 is 1.18. The van der Waals surface area contributed by atoms with Crippen molar-refractivity contribution in [3.8, 4) is 5.69 Å². The Balaban J connectivity index is 1.77. The summed E-state index contributed by atoms with van der Waals surface area (Å²) in [5.41, 5.74) is 2.08. The number of H-pyrrole nitrogens is 1. The summed E-state index contributed by atoms with van der Waals surface area (Å²) in [6, 6.07) is 12.5. The van der Waals surface area contributed by atoms with Crippen LogP contribution in [0.1, 0.15) is 56.6 Å². The van der Waals surface area contributed by atoms with E-state index in [1.165, 1.54) is 47.7 Å². The monoisotopic (exact) mass is 493 g/mol. The van der Waals surface area contributed by atoms with E-state index in [4.69, 9.17) is 34.8 Å². The summed E-state index contributed by atoms with van der Waals surface area (Å²) in [6.07, 6.45) is 5.24. The van der Waals surface area contributed by atoms with Gasteiger partial charge in [0.15, 0.2) is 0 Å². The fourth-order valence-corrected chi connectivity index (χ4v) is 4.65. The van der Waals surface area contributed by atoms with Crippen LogP contribution in [0.3, 0.4) is 0 Å². The maximum Gasteiger partial charge on any atom is 0.273 e. The molecule has 1 atom stereocenters. The first-order valence-corrected chi connectivity index (χ1v) is 11.8. The molecule has 3 aromatic rings. The molecule has 0 radical (unpaired) electrons. The summed E-state index contributed by atoms with van der Waals surface area (Å²) in [5, 5.41) is 6.45. The molecule has 8 heteroatoms. The van der Waals surface area contributed by atoms with Crippen LogP contribution in [0.4, 0.5) is 5.82 Å². The van der Waals surface area contributed by atoms with Crippen molar-refractivity contribution in [1.29, 1.82) is 0 Å². The Morgan fingerprint density at radius 2 is 1.69 bits per heavy atom. The number of carbonyl (C=O) groups is 1. The molecule has 0 fully saturated rings. The van der Waals surface area contributed by atoms with Crippen molar-refractivity contribution < 1.29 is 4.79 Å². The third kappa shape index (κ3) is 5.77. The quantitative estimate of drug-likeness (QED) is 0.315. The molecule has 5 nitrogen and oxygen atoms in total. The van der Waals surface area contributed by atoms with Crippen LogP contribution in [-0.4, -0.2) is 15.7 Å². The number of halogens is 3. The number of aromatic nitrogens is 2. The minimum absolute atomic E-state index is 0.201. The number of aryl methyl sites for hydroxylation is 1. The Morgan fingerprint density at radius 3 is 2.28 bits per heavy atom. The van der Waals surface area contributed by atoms with Gasteiger partial charge in [-0.3, -0.25) is 14.7 Å². The molecule has 32 heavy (non-hydrogen) atoms. The van der Waals surface area contributed by atoms with E-state index in [2.05, 4.69) is 29.5 Å². The molecule has 1 amide bonds. The lowest BCUT2D eigenvalue weighted by Crippen LogP contribution is -2.21. The van der Waals surface area contributed by atoms with Crippen LogP contribution in [0, 0.1) is 0 Å². The highest BCUT2D eigenvalue weighted by Crippen LogP contribution is 2.31. The van der Waals surface area contributed by atoms with Gasteiger partial charge < -0.3 is 5.32 Å². The maximum absolute atomic E-state index is 13.0. The molecule has 0 aliphatic rings. The molecule has 0 saturated carbocycles. The van der Waals surface area contributed by atoms with Gasteiger partial charge in [0, 0.05) is 11.1 Å². The summed E-state index contributed by atoms with van der Waals surface area (Å²) in [6.45, 7) is 4.15. The molecule has 1 unspecified atom stereocenters. The first kappa shape index (κ1) is 24.4. The van der Waals surface area contributed by atoms with Crippen LogP contribution in [0.2, 0.25) is 15.1 Å². The number of aromatic amines is 1. The predicted molar refractivity (Wildman–Crippen MR) is 133 cm³/mol. The van der Waals surface area contributed by atoms with E-state index in [0.717, 1.165) is 12.0 Å². The first-order valence-electron chi connectivity index (χ1n) is 10.7. The minimum Gasteiger partial charge on any atom is -0.310 e. The van der Waals surface area contributed by atoms with Gasteiger partial charge in [-0.1, -0.05) is 85.8 Å². The van der Waals surface area contributed by atoms with Gasteiger partial charge in [-0.05, 0) is 42.5 Å². The highest BCUT2D eigenvalue weighted by atomic mass is 35.5. The normalized spacial score (nSPS) is 12.0. The largest absolute Gasteiger partial charge is 0.310 e. The number of nitrogens with zero attached hydrogens (tertiary/aromatic N) is 1. The van der Waals surface area contributed by atoms with E-state index in [9.17, 15) is 9.59 Å². The van der Waals surface area contributed by atoms with Crippen LogP contribution in [0.15, 0.2) is 47.3 Å². The minimum atomic E-state index is -0.407. The number of carbonyl (C=O) groups excluding carboxylic acids is 1. The molecular formula is C24H26Cl3N3O2. The van der Waals surface area contributed by atoms with Gasteiger partial charge in [-0.2, -0.15) is 0 Å². The van der Waals surface area contributed by atoms with Crippen molar-refractivity contribution in [3.63, 3.8) is 0 Å². The second-order valence-corrected chi connectivity index (χ2v) is 8.96.